The zero-order valence-corrected chi connectivity index (χ0v) is 26.5. The number of amides is 2. The molecule has 3 aromatic rings. The molecule has 4 rings (SSSR count). The van der Waals surface area contributed by atoms with Gasteiger partial charge in [0, 0.05) is 73.5 Å². The third kappa shape index (κ3) is 8.57. The summed E-state index contributed by atoms with van der Waals surface area (Å²) in [5.74, 6) is 0.639. The number of aromatic nitrogens is 1. The number of nitrogens with one attached hydrogen (secondary N) is 2. The largest absolute Gasteiger partial charge is 0.497 e. The molecule has 1 aromatic heterocycles. The quantitative estimate of drug-likeness (QED) is 0.291. The third-order valence-electron chi connectivity index (χ3n) is 8.46. The van der Waals surface area contributed by atoms with E-state index in [1.165, 1.54) is 16.8 Å². The van der Waals surface area contributed by atoms with E-state index in [2.05, 4.69) is 57.5 Å². The Morgan fingerprint density at radius 1 is 1.00 bits per heavy atom. The van der Waals surface area contributed by atoms with Crippen molar-refractivity contribution in [3.05, 3.63) is 88.7 Å². The molecule has 2 aromatic carbocycles. The number of rotatable bonds is 12. The average Bonchev–Trinajstić information content (AvgIpc) is 3.00. The van der Waals surface area contributed by atoms with Crippen molar-refractivity contribution < 1.29 is 14.3 Å². The second-order valence-corrected chi connectivity index (χ2v) is 11.9. The zero-order valence-electron chi connectivity index (χ0n) is 26.5. The number of piperidine rings is 1. The van der Waals surface area contributed by atoms with E-state index in [0.717, 1.165) is 50.2 Å². The number of ether oxygens (including phenoxy) is 1. The highest BCUT2D eigenvalue weighted by Gasteiger charge is 2.28. The van der Waals surface area contributed by atoms with E-state index < -0.39 is 0 Å². The van der Waals surface area contributed by atoms with Crippen molar-refractivity contribution in [2.75, 3.05) is 31.6 Å². The van der Waals surface area contributed by atoms with Crippen LogP contribution in [0.4, 0.5) is 5.69 Å². The summed E-state index contributed by atoms with van der Waals surface area (Å²) in [6.45, 7) is 13.6. The molecule has 0 bridgehead atoms. The minimum absolute atomic E-state index is 0.0621. The second kappa shape index (κ2) is 15.0. The summed E-state index contributed by atoms with van der Waals surface area (Å²) in [6.07, 6.45) is 6.85. The van der Waals surface area contributed by atoms with Crippen LogP contribution in [-0.4, -0.2) is 66.6 Å². The summed E-state index contributed by atoms with van der Waals surface area (Å²) < 4.78 is 5.40. The van der Waals surface area contributed by atoms with E-state index in [1.54, 1.807) is 25.3 Å². The molecule has 2 heterocycles. The first kappa shape index (κ1) is 32.0. The monoisotopic (exact) mass is 585 g/mol. The van der Waals surface area contributed by atoms with Gasteiger partial charge < -0.3 is 25.2 Å². The van der Waals surface area contributed by atoms with Gasteiger partial charge in [-0.2, -0.15) is 0 Å². The lowest BCUT2D eigenvalue weighted by Gasteiger charge is -2.42. The molecule has 0 saturated carbocycles. The van der Waals surface area contributed by atoms with Crippen LogP contribution >= 0.6 is 0 Å². The maximum absolute atomic E-state index is 12.9. The van der Waals surface area contributed by atoms with Gasteiger partial charge in [0.05, 0.1) is 7.11 Å². The minimum atomic E-state index is -0.123. The molecule has 0 radical (unpaired) electrons. The van der Waals surface area contributed by atoms with E-state index in [-0.39, 0.29) is 17.9 Å². The maximum atomic E-state index is 12.9. The number of anilines is 1. The van der Waals surface area contributed by atoms with Crippen LogP contribution < -0.4 is 20.3 Å². The molecule has 8 heteroatoms. The molecule has 43 heavy (non-hydrogen) atoms. The van der Waals surface area contributed by atoms with E-state index in [0.29, 0.717) is 29.8 Å². The van der Waals surface area contributed by atoms with Crippen molar-refractivity contribution in [2.45, 2.75) is 78.6 Å². The Labute approximate surface area is 256 Å². The van der Waals surface area contributed by atoms with Gasteiger partial charge in [0.1, 0.15) is 5.75 Å². The molecule has 0 unspecified atom stereocenters. The number of methoxy groups -OCH3 is 1. The van der Waals surface area contributed by atoms with Crippen molar-refractivity contribution in [3.8, 4) is 5.75 Å². The molecule has 0 spiro atoms. The van der Waals surface area contributed by atoms with Crippen LogP contribution in [0.5, 0.6) is 5.75 Å². The number of carbonyl (C=O) groups is 2. The van der Waals surface area contributed by atoms with Gasteiger partial charge in [0.15, 0.2) is 0 Å². The molecule has 1 atom stereocenters. The Balaban J connectivity index is 1.30. The SMILES string of the molecule is COc1ccc(N(Cc2cnccc2C)C2CCN([C@H](C)CCNC(=O)c3ccc(C(=O)NC(C)C)cc3C)CC2)cc1. The van der Waals surface area contributed by atoms with E-state index in [4.69, 9.17) is 4.74 Å². The van der Waals surface area contributed by atoms with Gasteiger partial charge in [-0.15, -0.1) is 0 Å². The topological polar surface area (TPSA) is 86.8 Å². The van der Waals surface area contributed by atoms with E-state index >= 15 is 0 Å². The molecule has 2 N–H and O–H groups in total. The van der Waals surface area contributed by atoms with Gasteiger partial charge in [-0.1, -0.05) is 0 Å². The molecule has 0 aliphatic carbocycles. The zero-order chi connectivity index (χ0) is 30.9. The average molecular weight is 586 g/mol. The normalized spacial score (nSPS) is 14.8. The smallest absolute Gasteiger partial charge is 0.251 e. The number of aryl methyl sites for hydroxylation is 2. The predicted octanol–water partition coefficient (Wildman–Crippen LogP) is 5.52. The highest BCUT2D eigenvalue weighted by atomic mass is 16.5. The summed E-state index contributed by atoms with van der Waals surface area (Å²) in [6, 6.07) is 16.5. The molecular formula is C35H47N5O3. The van der Waals surface area contributed by atoms with Crippen molar-refractivity contribution in [2.24, 2.45) is 0 Å². The van der Waals surface area contributed by atoms with Crippen LogP contribution in [0, 0.1) is 13.8 Å². The number of hydrogen-bond acceptors (Lipinski definition) is 6. The van der Waals surface area contributed by atoms with E-state index in [9.17, 15) is 9.59 Å². The highest BCUT2D eigenvalue weighted by Crippen LogP contribution is 2.29. The molecule has 2 amide bonds. The molecule has 1 aliphatic heterocycles. The lowest BCUT2D eigenvalue weighted by Crippen LogP contribution is -2.48. The first-order valence-corrected chi connectivity index (χ1v) is 15.4. The third-order valence-corrected chi connectivity index (χ3v) is 8.46. The van der Waals surface area contributed by atoms with Crippen LogP contribution in [0.3, 0.4) is 0 Å². The van der Waals surface area contributed by atoms with Crippen molar-refractivity contribution in [3.63, 3.8) is 0 Å². The van der Waals surface area contributed by atoms with Crippen molar-refractivity contribution >= 4 is 17.5 Å². The molecule has 8 nitrogen and oxygen atoms in total. The van der Waals surface area contributed by atoms with Crippen molar-refractivity contribution in [1.29, 1.82) is 0 Å². The van der Waals surface area contributed by atoms with Gasteiger partial charge >= 0.3 is 0 Å². The molecule has 1 fully saturated rings. The second-order valence-electron chi connectivity index (χ2n) is 11.9. The fourth-order valence-electron chi connectivity index (χ4n) is 5.77. The fourth-order valence-corrected chi connectivity index (χ4v) is 5.77. The summed E-state index contributed by atoms with van der Waals surface area (Å²) in [7, 11) is 1.70. The number of hydrogen-bond donors (Lipinski definition) is 2. The van der Waals surface area contributed by atoms with Crippen molar-refractivity contribution in [1.82, 2.24) is 20.5 Å². The molecule has 1 saturated heterocycles. The number of benzene rings is 2. The number of nitrogens with zero attached hydrogens (tertiary/aromatic N) is 3. The van der Waals surface area contributed by atoms with Crippen LogP contribution in [0.25, 0.3) is 0 Å². The standard InChI is InChI=1S/C35H47N5O3/c1-24(2)38-34(41)28-7-12-33(26(4)21-28)35(42)37-18-14-27(5)39-19-15-31(16-20-39)40(23-29-22-36-17-13-25(29)3)30-8-10-32(43-6)11-9-30/h7-13,17,21-22,24,27,31H,14-16,18-20,23H2,1-6H3,(H,37,42)(H,38,41)/t27-/m1/s1. The minimum Gasteiger partial charge on any atom is -0.497 e. The first-order chi connectivity index (χ1) is 20.7. The Hall–Kier alpha value is -3.91. The first-order valence-electron chi connectivity index (χ1n) is 15.4. The Kier molecular flexibility index (Phi) is 11.2. The number of carbonyl (C=O) groups excluding carboxylic acids is 2. The molecular weight excluding hydrogens is 538 g/mol. The van der Waals surface area contributed by atoms with Crippen LogP contribution in [0.2, 0.25) is 0 Å². The fraction of sp³-hybridized carbons (Fsp3) is 0.457. The molecule has 1 aliphatic rings. The Morgan fingerprint density at radius 2 is 1.72 bits per heavy atom. The van der Waals surface area contributed by atoms with Gasteiger partial charge in [-0.05, 0) is 119 Å². The Bertz CT molecular complexity index is 1370. The van der Waals surface area contributed by atoms with Gasteiger partial charge in [-0.25, -0.2) is 0 Å². The van der Waals surface area contributed by atoms with Crippen LogP contribution in [-0.2, 0) is 6.54 Å². The predicted molar refractivity (Wildman–Crippen MR) is 173 cm³/mol. The number of pyridine rings is 1. The van der Waals surface area contributed by atoms with Gasteiger partial charge in [0.25, 0.3) is 11.8 Å². The van der Waals surface area contributed by atoms with Crippen LogP contribution in [0.15, 0.2) is 60.9 Å². The summed E-state index contributed by atoms with van der Waals surface area (Å²) in [5, 5.41) is 5.98. The van der Waals surface area contributed by atoms with Gasteiger partial charge in [0.2, 0.25) is 0 Å². The number of likely N-dealkylation sites (tertiary alicyclic amines) is 1. The highest BCUT2D eigenvalue weighted by molar-refractivity contribution is 5.99. The van der Waals surface area contributed by atoms with Crippen LogP contribution in [0.1, 0.15) is 77.4 Å². The van der Waals surface area contributed by atoms with Gasteiger partial charge in [-0.3, -0.25) is 14.6 Å². The summed E-state index contributed by atoms with van der Waals surface area (Å²) in [5.41, 5.74) is 5.67. The lowest BCUT2D eigenvalue weighted by atomic mass is 9.99. The summed E-state index contributed by atoms with van der Waals surface area (Å²) >= 11 is 0. The summed E-state index contributed by atoms with van der Waals surface area (Å²) in [4.78, 5) is 34.7. The molecule has 230 valence electrons. The maximum Gasteiger partial charge on any atom is 0.251 e. The van der Waals surface area contributed by atoms with E-state index in [1.807, 2.05) is 45.3 Å². The lowest BCUT2D eigenvalue weighted by molar-refractivity contribution is 0.0931. The Morgan fingerprint density at radius 3 is 2.35 bits per heavy atom.